The summed E-state index contributed by atoms with van der Waals surface area (Å²) >= 11 is 0. The highest BCUT2D eigenvalue weighted by Gasteiger charge is 2.17. The van der Waals surface area contributed by atoms with Gasteiger partial charge in [0, 0.05) is 11.8 Å². The van der Waals surface area contributed by atoms with Gasteiger partial charge in [0.05, 0.1) is 11.7 Å². The van der Waals surface area contributed by atoms with Gasteiger partial charge in [-0.2, -0.15) is 0 Å². The fourth-order valence-electron chi connectivity index (χ4n) is 1.88. The zero-order valence-electron chi connectivity index (χ0n) is 9.99. The van der Waals surface area contributed by atoms with Crippen molar-refractivity contribution in [1.29, 1.82) is 0 Å². The lowest BCUT2D eigenvalue weighted by molar-refractivity contribution is 0.392. The highest BCUT2D eigenvalue weighted by Crippen LogP contribution is 2.24. The van der Waals surface area contributed by atoms with Crippen molar-refractivity contribution in [1.82, 2.24) is 10.1 Å². The minimum atomic E-state index is -0.369. The van der Waals surface area contributed by atoms with Crippen LogP contribution in [-0.4, -0.2) is 10.1 Å². The molecule has 0 aromatic carbocycles. The van der Waals surface area contributed by atoms with Crippen LogP contribution in [0.3, 0.4) is 0 Å². The van der Waals surface area contributed by atoms with E-state index in [0.29, 0.717) is 0 Å². The van der Waals surface area contributed by atoms with E-state index in [9.17, 15) is 4.39 Å². The predicted molar refractivity (Wildman–Crippen MR) is 62.2 cm³/mol. The molecule has 0 saturated heterocycles. The van der Waals surface area contributed by atoms with Crippen LogP contribution in [0.2, 0.25) is 0 Å². The van der Waals surface area contributed by atoms with Gasteiger partial charge in [0.2, 0.25) is 0 Å². The molecule has 2 heterocycles. The van der Waals surface area contributed by atoms with Crippen LogP contribution in [0.15, 0.2) is 22.9 Å². The van der Waals surface area contributed by atoms with Gasteiger partial charge < -0.3 is 9.84 Å². The van der Waals surface area contributed by atoms with Crippen LogP contribution in [0.1, 0.15) is 30.0 Å². The standard InChI is InChI=1S/C12H14FN3O/c1-7(11-8(2)16-17-9(11)3)15-12-10(13)5-4-6-14-12/h4-7H,1-3H3,(H,14,15). The average Bonchev–Trinajstić information content (AvgIpc) is 2.62. The van der Waals surface area contributed by atoms with E-state index >= 15 is 0 Å². The Bertz CT molecular complexity index is 505. The molecule has 90 valence electrons. The zero-order valence-corrected chi connectivity index (χ0v) is 9.99. The number of halogens is 1. The fraction of sp³-hybridized carbons (Fsp3) is 0.333. The van der Waals surface area contributed by atoms with Crippen LogP contribution < -0.4 is 5.32 Å². The van der Waals surface area contributed by atoms with E-state index in [1.807, 2.05) is 20.8 Å². The largest absolute Gasteiger partial charge is 0.361 e. The Morgan fingerprint density at radius 2 is 2.18 bits per heavy atom. The Hall–Kier alpha value is -1.91. The van der Waals surface area contributed by atoms with Crippen LogP contribution in [0, 0.1) is 19.7 Å². The number of anilines is 1. The van der Waals surface area contributed by atoms with Crippen LogP contribution in [0.25, 0.3) is 0 Å². The molecular weight excluding hydrogens is 221 g/mol. The lowest BCUT2D eigenvalue weighted by atomic mass is 10.1. The summed E-state index contributed by atoms with van der Waals surface area (Å²) < 4.78 is 18.5. The molecule has 1 unspecified atom stereocenters. The monoisotopic (exact) mass is 235 g/mol. The van der Waals surface area contributed by atoms with Gasteiger partial charge in [0.25, 0.3) is 0 Å². The summed E-state index contributed by atoms with van der Waals surface area (Å²) in [5, 5.41) is 6.88. The van der Waals surface area contributed by atoms with Gasteiger partial charge in [-0.3, -0.25) is 0 Å². The molecule has 0 spiro atoms. The van der Waals surface area contributed by atoms with Gasteiger partial charge in [0.1, 0.15) is 5.76 Å². The summed E-state index contributed by atoms with van der Waals surface area (Å²) in [5.41, 5.74) is 1.74. The van der Waals surface area contributed by atoms with E-state index in [2.05, 4.69) is 15.5 Å². The second-order valence-corrected chi connectivity index (χ2v) is 3.94. The van der Waals surface area contributed by atoms with Crippen LogP contribution in [-0.2, 0) is 0 Å². The molecule has 0 fully saturated rings. The van der Waals surface area contributed by atoms with Crippen molar-refractivity contribution in [2.24, 2.45) is 0 Å². The van der Waals surface area contributed by atoms with Crippen LogP contribution >= 0.6 is 0 Å². The molecule has 0 aliphatic carbocycles. The van der Waals surface area contributed by atoms with E-state index in [4.69, 9.17) is 4.52 Å². The summed E-state index contributed by atoms with van der Waals surface area (Å²) in [5.74, 6) is 0.602. The van der Waals surface area contributed by atoms with Crippen molar-refractivity contribution in [2.45, 2.75) is 26.8 Å². The average molecular weight is 235 g/mol. The summed E-state index contributed by atoms with van der Waals surface area (Å²) in [7, 11) is 0. The van der Waals surface area contributed by atoms with Gasteiger partial charge in [-0.25, -0.2) is 9.37 Å². The van der Waals surface area contributed by atoms with E-state index in [0.717, 1.165) is 17.0 Å². The quantitative estimate of drug-likeness (QED) is 0.888. The molecule has 0 bridgehead atoms. The number of hydrogen-bond acceptors (Lipinski definition) is 4. The van der Waals surface area contributed by atoms with E-state index in [1.54, 1.807) is 12.3 Å². The van der Waals surface area contributed by atoms with Crippen LogP contribution in [0.4, 0.5) is 10.2 Å². The van der Waals surface area contributed by atoms with Gasteiger partial charge in [-0.05, 0) is 32.9 Å². The number of aryl methyl sites for hydroxylation is 2. The topological polar surface area (TPSA) is 51.0 Å². The molecule has 2 rings (SSSR count). The summed E-state index contributed by atoms with van der Waals surface area (Å²) in [6, 6.07) is 2.82. The maximum atomic E-state index is 13.4. The third-order valence-electron chi connectivity index (χ3n) is 2.63. The molecule has 1 N–H and O–H groups in total. The van der Waals surface area contributed by atoms with E-state index in [-0.39, 0.29) is 17.7 Å². The molecule has 0 saturated carbocycles. The fourth-order valence-corrected chi connectivity index (χ4v) is 1.88. The molecule has 1 atom stereocenters. The first-order valence-corrected chi connectivity index (χ1v) is 5.39. The molecule has 0 amide bonds. The molecule has 2 aromatic heterocycles. The minimum Gasteiger partial charge on any atom is -0.361 e. The highest BCUT2D eigenvalue weighted by molar-refractivity contribution is 5.40. The zero-order chi connectivity index (χ0) is 12.4. The van der Waals surface area contributed by atoms with Crippen molar-refractivity contribution in [2.75, 3.05) is 5.32 Å². The molecule has 0 aliphatic rings. The maximum absolute atomic E-state index is 13.4. The number of nitrogens with zero attached hydrogens (tertiary/aromatic N) is 2. The van der Waals surface area contributed by atoms with Crippen molar-refractivity contribution >= 4 is 5.82 Å². The molecule has 0 aliphatic heterocycles. The first kappa shape index (κ1) is 11.6. The van der Waals surface area contributed by atoms with Crippen LogP contribution in [0.5, 0.6) is 0 Å². The lowest BCUT2D eigenvalue weighted by Gasteiger charge is -2.14. The van der Waals surface area contributed by atoms with Gasteiger partial charge in [-0.15, -0.1) is 0 Å². The van der Waals surface area contributed by atoms with E-state index in [1.165, 1.54) is 6.07 Å². The smallest absolute Gasteiger partial charge is 0.165 e. The molecular formula is C12H14FN3O. The highest BCUT2D eigenvalue weighted by atomic mass is 19.1. The molecule has 2 aromatic rings. The van der Waals surface area contributed by atoms with Gasteiger partial charge in [-0.1, -0.05) is 5.16 Å². The van der Waals surface area contributed by atoms with Crippen molar-refractivity contribution in [3.05, 3.63) is 41.2 Å². The maximum Gasteiger partial charge on any atom is 0.165 e. The first-order valence-electron chi connectivity index (χ1n) is 5.39. The third-order valence-corrected chi connectivity index (χ3v) is 2.63. The normalized spacial score (nSPS) is 12.5. The lowest BCUT2D eigenvalue weighted by Crippen LogP contribution is -2.10. The Morgan fingerprint density at radius 1 is 1.41 bits per heavy atom. The molecule has 5 heteroatoms. The molecule has 17 heavy (non-hydrogen) atoms. The molecule has 0 radical (unpaired) electrons. The summed E-state index contributed by atoms with van der Waals surface area (Å²) in [6.45, 7) is 5.61. The SMILES string of the molecule is Cc1noc(C)c1C(C)Nc1ncccc1F. The first-order chi connectivity index (χ1) is 8.09. The second kappa shape index (κ2) is 4.53. The van der Waals surface area contributed by atoms with Gasteiger partial charge in [0.15, 0.2) is 11.6 Å². The number of hydrogen-bond donors (Lipinski definition) is 1. The number of pyridine rings is 1. The minimum absolute atomic E-state index is 0.106. The van der Waals surface area contributed by atoms with Crippen molar-refractivity contribution in [3.63, 3.8) is 0 Å². The molecule has 4 nitrogen and oxygen atoms in total. The van der Waals surface area contributed by atoms with Crippen molar-refractivity contribution in [3.8, 4) is 0 Å². The second-order valence-electron chi connectivity index (χ2n) is 3.94. The van der Waals surface area contributed by atoms with Crippen molar-refractivity contribution < 1.29 is 8.91 Å². The third kappa shape index (κ3) is 2.27. The Morgan fingerprint density at radius 3 is 2.76 bits per heavy atom. The number of nitrogens with one attached hydrogen (secondary N) is 1. The summed E-state index contributed by atoms with van der Waals surface area (Å²) in [6.07, 6.45) is 1.55. The predicted octanol–water partition coefficient (Wildman–Crippen LogP) is 3.00. The Kier molecular flexibility index (Phi) is 3.08. The van der Waals surface area contributed by atoms with Gasteiger partial charge >= 0.3 is 0 Å². The Balaban J connectivity index is 2.23. The van der Waals surface area contributed by atoms with E-state index < -0.39 is 0 Å². The Labute approximate surface area is 98.8 Å². The number of aromatic nitrogens is 2. The summed E-state index contributed by atoms with van der Waals surface area (Å²) in [4.78, 5) is 3.95. The number of rotatable bonds is 3.